The summed E-state index contributed by atoms with van der Waals surface area (Å²) < 4.78 is 0. The van der Waals surface area contributed by atoms with E-state index in [1.807, 2.05) is 0 Å². The van der Waals surface area contributed by atoms with Crippen molar-refractivity contribution in [3.63, 3.8) is 0 Å². The molecule has 1 aromatic rings. The van der Waals surface area contributed by atoms with Crippen LogP contribution in [0.5, 0.6) is 0 Å². The van der Waals surface area contributed by atoms with Gasteiger partial charge in [0.15, 0.2) is 0 Å². The van der Waals surface area contributed by atoms with Crippen molar-refractivity contribution >= 4 is 23.5 Å². The van der Waals surface area contributed by atoms with Crippen molar-refractivity contribution in [3.8, 4) is 0 Å². The number of isocyanates is 1. The predicted octanol–water partition coefficient (Wildman–Crippen LogP) is 1.31. The molecule has 0 atom stereocenters. The SMILES string of the molecule is CN1C(=O)NCc2cc(N=C=O)ccc21. The zero-order chi connectivity index (χ0) is 10.8. The van der Waals surface area contributed by atoms with Gasteiger partial charge < -0.3 is 5.32 Å². The van der Waals surface area contributed by atoms with Crippen molar-refractivity contribution in [2.45, 2.75) is 6.54 Å². The van der Waals surface area contributed by atoms with Crippen molar-refractivity contribution in [2.75, 3.05) is 11.9 Å². The summed E-state index contributed by atoms with van der Waals surface area (Å²) in [5, 5.41) is 2.70. The average molecular weight is 203 g/mol. The number of carbonyl (C=O) groups is 1. The molecule has 0 radical (unpaired) electrons. The molecule has 1 aliphatic heterocycles. The number of nitrogens with zero attached hydrogens (tertiary/aromatic N) is 2. The average Bonchev–Trinajstić information content (AvgIpc) is 2.24. The van der Waals surface area contributed by atoms with Gasteiger partial charge in [-0.2, -0.15) is 4.99 Å². The molecule has 1 N–H and O–H groups in total. The number of anilines is 1. The number of carbonyl (C=O) groups excluding carboxylic acids is 2. The van der Waals surface area contributed by atoms with Gasteiger partial charge in [0.2, 0.25) is 6.08 Å². The smallest absolute Gasteiger partial charge is 0.321 e. The Balaban J connectivity index is 2.46. The van der Waals surface area contributed by atoms with E-state index >= 15 is 0 Å². The van der Waals surface area contributed by atoms with E-state index in [-0.39, 0.29) is 6.03 Å². The number of hydrogen-bond acceptors (Lipinski definition) is 3. The molecule has 15 heavy (non-hydrogen) atoms. The second kappa shape index (κ2) is 3.55. The third-order valence-corrected chi connectivity index (χ3v) is 2.33. The first-order valence-corrected chi connectivity index (χ1v) is 4.45. The Morgan fingerprint density at radius 1 is 1.53 bits per heavy atom. The van der Waals surface area contributed by atoms with E-state index in [9.17, 15) is 9.59 Å². The predicted molar refractivity (Wildman–Crippen MR) is 54.9 cm³/mol. The molecule has 1 heterocycles. The third kappa shape index (κ3) is 1.60. The zero-order valence-electron chi connectivity index (χ0n) is 8.15. The van der Waals surface area contributed by atoms with Gasteiger partial charge in [0.1, 0.15) is 0 Å². The molecule has 0 fully saturated rings. The van der Waals surface area contributed by atoms with Gasteiger partial charge in [-0.15, -0.1) is 0 Å². The first-order valence-electron chi connectivity index (χ1n) is 4.45. The highest BCUT2D eigenvalue weighted by Gasteiger charge is 2.19. The topological polar surface area (TPSA) is 61.8 Å². The van der Waals surface area contributed by atoms with Crippen molar-refractivity contribution < 1.29 is 9.59 Å². The van der Waals surface area contributed by atoms with Crippen LogP contribution < -0.4 is 10.2 Å². The summed E-state index contributed by atoms with van der Waals surface area (Å²) in [6, 6.07) is 5.08. The third-order valence-electron chi connectivity index (χ3n) is 2.33. The van der Waals surface area contributed by atoms with E-state index in [2.05, 4.69) is 10.3 Å². The highest BCUT2D eigenvalue weighted by atomic mass is 16.2. The summed E-state index contributed by atoms with van der Waals surface area (Å²) in [6.07, 6.45) is 1.48. The Morgan fingerprint density at radius 3 is 3.07 bits per heavy atom. The maximum Gasteiger partial charge on any atom is 0.321 e. The normalized spacial score (nSPS) is 13.9. The van der Waals surface area contributed by atoms with Gasteiger partial charge in [-0.05, 0) is 23.8 Å². The van der Waals surface area contributed by atoms with Gasteiger partial charge in [0.05, 0.1) is 11.4 Å². The van der Waals surface area contributed by atoms with E-state index in [0.717, 1.165) is 11.3 Å². The van der Waals surface area contributed by atoms with E-state index in [1.54, 1.807) is 25.2 Å². The molecule has 1 aliphatic rings. The molecular formula is C10H9N3O2. The highest BCUT2D eigenvalue weighted by molar-refractivity contribution is 5.94. The van der Waals surface area contributed by atoms with E-state index in [4.69, 9.17) is 0 Å². The quantitative estimate of drug-likeness (QED) is 0.552. The Bertz CT molecular complexity index is 464. The number of rotatable bonds is 1. The fourth-order valence-corrected chi connectivity index (χ4v) is 1.56. The van der Waals surface area contributed by atoms with Crippen LogP contribution in [0.3, 0.4) is 0 Å². The van der Waals surface area contributed by atoms with Crippen molar-refractivity contribution in [1.82, 2.24) is 5.32 Å². The molecule has 5 nitrogen and oxygen atoms in total. The first-order chi connectivity index (χ1) is 7.22. The highest BCUT2D eigenvalue weighted by Crippen LogP contribution is 2.27. The molecule has 0 aromatic heterocycles. The van der Waals surface area contributed by atoms with Gasteiger partial charge in [-0.25, -0.2) is 9.59 Å². The van der Waals surface area contributed by atoms with Crippen LogP contribution in [0, 0.1) is 0 Å². The molecule has 5 heteroatoms. The minimum Gasteiger partial charge on any atom is -0.334 e. The van der Waals surface area contributed by atoms with Gasteiger partial charge in [0.25, 0.3) is 0 Å². The molecule has 0 unspecified atom stereocenters. The zero-order valence-corrected chi connectivity index (χ0v) is 8.15. The van der Waals surface area contributed by atoms with E-state index < -0.39 is 0 Å². The van der Waals surface area contributed by atoms with Crippen LogP contribution in [0.4, 0.5) is 16.2 Å². The summed E-state index contributed by atoms with van der Waals surface area (Å²) >= 11 is 0. The molecule has 2 rings (SSSR count). The number of urea groups is 1. The number of hydrogen-bond donors (Lipinski definition) is 1. The lowest BCUT2D eigenvalue weighted by molar-refractivity contribution is 0.246. The first kappa shape index (κ1) is 9.43. The van der Waals surface area contributed by atoms with Crippen LogP contribution in [0.1, 0.15) is 5.56 Å². The minimum atomic E-state index is -0.130. The molecular weight excluding hydrogens is 194 g/mol. The summed E-state index contributed by atoms with van der Waals surface area (Å²) in [5.41, 5.74) is 2.32. The van der Waals surface area contributed by atoms with Crippen LogP contribution in [0.15, 0.2) is 23.2 Å². The summed E-state index contributed by atoms with van der Waals surface area (Å²) in [7, 11) is 1.69. The second-order valence-corrected chi connectivity index (χ2v) is 3.23. The number of nitrogens with one attached hydrogen (secondary N) is 1. The van der Waals surface area contributed by atoms with E-state index in [1.165, 1.54) is 11.0 Å². The fraction of sp³-hybridized carbons (Fsp3) is 0.200. The fourth-order valence-electron chi connectivity index (χ4n) is 1.56. The summed E-state index contributed by atoms with van der Waals surface area (Å²) in [4.78, 5) is 26.4. The molecule has 1 aromatic carbocycles. The maximum atomic E-state index is 11.3. The van der Waals surface area contributed by atoms with Gasteiger partial charge in [-0.3, -0.25) is 4.90 Å². The monoisotopic (exact) mass is 203 g/mol. The number of fused-ring (bicyclic) bond motifs is 1. The van der Waals surface area contributed by atoms with Crippen LogP contribution in [0.25, 0.3) is 0 Å². The van der Waals surface area contributed by atoms with Gasteiger partial charge >= 0.3 is 6.03 Å². The molecule has 0 saturated carbocycles. The van der Waals surface area contributed by atoms with Crippen molar-refractivity contribution in [1.29, 1.82) is 0 Å². The van der Waals surface area contributed by atoms with Crippen LogP contribution >= 0.6 is 0 Å². The van der Waals surface area contributed by atoms with Gasteiger partial charge in [-0.1, -0.05) is 0 Å². The maximum absolute atomic E-state index is 11.3. The standard InChI is InChI=1S/C10H9N3O2/c1-13-9-3-2-8(12-6-14)4-7(9)5-11-10(13)15/h2-4H,5H2,1H3,(H,11,15). The summed E-state index contributed by atoms with van der Waals surface area (Å²) in [5.74, 6) is 0. The lowest BCUT2D eigenvalue weighted by Crippen LogP contribution is -2.41. The summed E-state index contributed by atoms with van der Waals surface area (Å²) in [6.45, 7) is 0.459. The van der Waals surface area contributed by atoms with Gasteiger partial charge in [0, 0.05) is 13.6 Å². The molecule has 2 amide bonds. The minimum absolute atomic E-state index is 0.130. The Kier molecular flexibility index (Phi) is 2.23. The number of amides is 2. The molecule has 0 bridgehead atoms. The lowest BCUT2D eigenvalue weighted by Gasteiger charge is -2.26. The number of aliphatic imine (C=N–C) groups is 1. The second-order valence-electron chi connectivity index (χ2n) is 3.23. The van der Waals surface area contributed by atoms with Crippen LogP contribution in [-0.2, 0) is 11.3 Å². The largest absolute Gasteiger partial charge is 0.334 e. The van der Waals surface area contributed by atoms with Crippen LogP contribution in [-0.4, -0.2) is 19.2 Å². The van der Waals surface area contributed by atoms with Crippen molar-refractivity contribution in [2.24, 2.45) is 4.99 Å². The molecule has 76 valence electrons. The Hall–Kier alpha value is -2.13. The number of benzene rings is 1. The molecule has 0 saturated heterocycles. The van der Waals surface area contributed by atoms with Crippen molar-refractivity contribution in [3.05, 3.63) is 23.8 Å². The van der Waals surface area contributed by atoms with E-state index in [0.29, 0.717) is 12.2 Å². The Labute approximate surface area is 86.4 Å². The Morgan fingerprint density at radius 2 is 2.33 bits per heavy atom. The molecule has 0 spiro atoms. The van der Waals surface area contributed by atoms with Crippen LogP contribution in [0.2, 0.25) is 0 Å². The molecule has 0 aliphatic carbocycles. The lowest BCUT2D eigenvalue weighted by atomic mass is 10.1.